The Morgan fingerprint density at radius 3 is 2.78 bits per heavy atom. The molecular formula is C23H22N3S+. The van der Waals surface area contributed by atoms with Crippen molar-refractivity contribution >= 4 is 27.9 Å². The number of para-hydroxylation sites is 2. The van der Waals surface area contributed by atoms with Gasteiger partial charge in [0.05, 0.1) is 17.1 Å². The van der Waals surface area contributed by atoms with Crippen LogP contribution in [0.1, 0.15) is 39.5 Å². The molecule has 2 aromatic carbocycles. The van der Waals surface area contributed by atoms with Crippen molar-refractivity contribution in [3.05, 3.63) is 87.2 Å². The Labute approximate surface area is 162 Å². The maximum absolute atomic E-state index is 3.86. The topological polar surface area (TPSA) is 32.3 Å². The molecule has 1 unspecified atom stereocenters. The fraction of sp³-hybridized carbons (Fsp3) is 0.217. The second kappa shape index (κ2) is 5.72. The zero-order valence-electron chi connectivity index (χ0n) is 15.3. The number of hydrogen-bond acceptors (Lipinski definition) is 2. The van der Waals surface area contributed by atoms with Crippen molar-refractivity contribution in [2.75, 3.05) is 11.9 Å². The standard InChI is InChI=1S/C23H21N3S/c1-14-11-13-27-22(14)23-25-19-9-5-3-7-17(19)21-20-16(10-12-26(21)23)15-6-2-4-8-18(15)24-20/h2-9,11,13,21,23-25H,10,12H2,1H3/p+1/t21-,23+/m0/s1. The molecule has 0 aliphatic carbocycles. The Hall–Kier alpha value is -2.56. The number of aromatic amines is 1. The number of rotatable bonds is 1. The summed E-state index contributed by atoms with van der Waals surface area (Å²) >= 11 is 1.88. The van der Waals surface area contributed by atoms with Crippen LogP contribution in [0.3, 0.4) is 0 Å². The summed E-state index contributed by atoms with van der Waals surface area (Å²) in [5.74, 6) is 0. The molecule has 6 rings (SSSR count). The first-order valence-corrected chi connectivity index (χ1v) is 10.5. The predicted molar refractivity (Wildman–Crippen MR) is 112 cm³/mol. The molecule has 0 radical (unpaired) electrons. The summed E-state index contributed by atoms with van der Waals surface area (Å²) in [5.41, 5.74) is 8.26. The quantitative estimate of drug-likeness (QED) is 0.460. The Morgan fingerprint density at radius 2 is 1.89 bits per heavy atom. The number of fused-ring (bicyclic) bond motifs is 7. The predicted octanol–water partition coefficient (Wildman–Crippen LogP) is 4.19. The van der Waals surface area contributed by atoms with Gasteiger partial charge in [-0.2, -0.15) is 0 Å². The van der Waals surface area contributed by atoms with E-state index in [4.69, 9.17) is 0 Å². The van der Waals surface area contributed by atoms with Gasteiger partial charge in [-0.05, 0) is 41.6 Å². The highest BCUT2D eigenvalue weighted by atomic mass is 32.1. The Morgan fingerprint density at radius 1 is 1.04 bits per heavy atom. The van der Waals surface area contributed by atoms with Crippen LogP contribution in [0.4, 0.5) is 5.69 Å². The third-order valence-corrected chi connectivity index (χ3v) is 7.36. The molecule has 2 aliphatic rings. The molecule has 4 heterocycles. The van der Waals surface area contributed by atoms with Gasteiger partial charge >= 0.3 is 0 Å². The van der Waals surface area contributed by atoms with Crippen molar-refractivity contribution < 1.29 is 4.90 Å². The first-order valence-electron chi connectivity index (χ1n) is 9.66. The number of nitrogens with one attached hydrogen (secondary N) is 3. The van der Waals surface area contributed by atoms with Gasteiger partial charge in [0.1, 0.15) is 0 Å². The monoisotopic (exact) mass is 372 g/mol. The summed E-state index contributed by atoms with van der Waals surface area (Å²) in [4.78, 5) is 6.86. The van der Waals surface area contributed by atoms with E-state index in [0.717, 1.165) is 13.0 Å². The molecule has 0 spiro atoms. The van der Waals surface area contributed by atoms with E-state index in [1.807, 2.05) is 11.3 Å². The lowest BCUT2D eigenvalue weighted by molar-refractivity contribution is -0.956. The van der Waals surface area contributed by atoms with Crippen LogP contribution in [0.15, 0.2) is 60.0 Å². The lowest BCUT2D eigenvalue weighted by atomic mass is 9.88. The van der Waals surface area contributed by atoms with Crippen LogP contribution < -0.4 is 10.2 Å². The van der Waals surface area contributed by atoms with Crippen molar-refractivity contribution in [2.24, 2.45) is 0 Å². The molecule has 3 N–H and O–H groups in total. The normalized spacial score (nSPS) is 23.4. The first kappa shape index (κ1) is 15.5. The van der Waals surface area contributed by atoms with Crippen LogP contribution in [0, 0.1) is 6.92 Å². The average Bonchev–Trinajstić information content (AvgIpc) is 3.30. The van der Waals surface area contributed by atoms with Crippen LogP contribution in [0.25, 0.3) is 10.9 Å². The van der Waals surface area contributed by atoms with Crippen LogP contribution in [-0.4, -0.2) is 11.5 Å². The lowest BCUT2D eigenvalue weighted by Crippen LogP contribution is -3.15. The number of quaternary nitrogens is 1. The van der Waals surface area contributed by atoms with Crippen molar-refractivity contribution in [3.63, 3.8) is 0 Å². The lowest BCUT2D eigenvalue weighted by Gasteiger charge is -2.43. The number of aromatic nitrogens is 1. The molecular weight excluding hydrogens is 350 g/mol. The molecule has 27 heavy (non-hydrogen) atoms. The van der Waals surface area contributed by atoms with Gasteiger partial charge in [-0.25, -0.2) is 0 Å². The van der Waals surface area contributed by atoms with Crippen LogP contribution in [0.5, 0.6) is 0 Å². The molecule has 2 aliphatic heterocycles. The van der Waals surface area contributed by atoms with Gasteiger partial charge in [0, 0.05) is 28.6 Å². The highest BCUT2D eigenvalue weighted by molar-refractivity contribution is 7.10. The van der Waals surface area contributed by atoms with Crippen molar-refractivity contribution in [1.29, 1.82) is 0 Å². The number of aryl methyl sites for hydroxylation is 1. The number of thiophene rings is 1. The molecule has 0 saturated heterocycles. The minimum absolute atomic E-state index is 0.310. The number of anilines is 1. The molecule has 0 saturated carbocycles. The molecule has 0 bridgehead atoms. The van der Waals surface area contributed by atoms with E-state index < -0.39 is 0 Å². The molecule has 3 atom stereocenters. The highest BCUT2D eigenvalue weighted by Gasteiger charge is 2.44. The fourth-order valence-corrected chi connectivity index (χ4v) is 6.06. The highest BCUT2D eigenvalue weighted by Crippen LogP contribution is 2.39. The number of hydrogen-bond donors (Lipinski definition) is 3. The fourth-order valence-electron chi connectivity index (χ4n) is 5.04. The minimum Gasteiger partial charge on any atom is -0.353 e. The molecule has 2 aromatic heterocycles. The van der Waals surface area contributed by atoms with Crippen LogP contribution >= 0.6 is 11.3 Å². The molecule has 0 fully saturated rings. The third kappa shape index (κ3) is 2.17. The van der Waals surface area contributed by atoms with Crippen molar-refractivity contribution in [3.8, 4) is 0 Å². The van der Waals surface area contributed by atoms with Crippen LogP contribution in [0.2, 0.25) is 0 Å². The van der Waals surface area contributed by atoms with E-state index in [0.29, 0.717) is 12.2 Å². The molecule has 134 valence electrons. The second-order valence-electron chi connectivity index (χ2n) is 7.70. The van der Waals surface area contributed by atoms with E-state index in [1.165, 1.54) is 43.9 Å². The second-order valence-corrected chi connectivity index (χ2v) is 8.65. The Balaban J connectivity index is 1.59. The Kier molecular flexibility index (Phi) is 3.28. The smallest absolute Gasteiger partial charge is 0.197 e. The summed E-state index contributed by atoms with van der Waals surface area (Å²) in [6.45, 7) is 3.38. The molecule has 3 nitrogen and oxygen atoms in total. The van der Waals surface area contributed by atoms with E-state index >= 15 is 0 Å². The summed E-state index contributed by atoms with van der Waals surface area (Å²) in [6, 6.07) is 20.2. The van der Waals surface area contributed by atoms with Gasteiger partial charge in [0.2, 0.25) is 0 Å². The average molecular weight is 373 g/mol. The number of H-pyrrole nitrogens is 1. The van der Waals surface area contributed by atoms with E-state index in [9.17, 15) is 0 Å². The Bertz CT molecular complexity index is 1160. The maximum atomic E-state index is 3.86. The van der Waals surface area contributed by atoms with E-state index in [2.05, 4.69) is 77.2 Å². The largest absolute Gasteiger partial charge is 0.353 e. The van der Waals surface area contributed by atoms with Crippen LogP contribution in [-0.2, 0) is 6.42 Å². The van der Waals surface area contributed by atoms with E-state index in [1.54, 1.807) is 4.90 Å². The van der Waals surface area contributed by atoms with Gasteiger partial charge in [0.25, 0.3) is 0 Å². The SMILES string of the molecule is Cc1ccsc1[C@@H]1Nc2ccccc2[C@H]2c3[nH]c4ccccc4c3CC[NH+]21. The van der Waals surface area contributed by atoms with Gasteiger partial charge in [-0.3, -0.25) is 4.90 Å². The summed E-state index contributed by atoms with van der Waals surface area (Å²) < 4.78 is 0. The van der Waals surface area contributed by atoms with Gasteiger partial charge in [-0.1, -0.05) is 36.4 Å². The number of benzene rings is 2. The van der Waals surface area contributed by atoms with Gasteiger partial charge < -0.3 is 10.3 Å². The molecule has 4 heteroatoms. The van der Waals surface area contributed by atoms with Crippen molar-refractivity contribution in [1.82, 2.24) is 4.98 Å². The first-order chi connectivity index (χ1) is 13.3. The van der Waals surface area contributed by atoms with E-state index in [-0.39, 0.29) is 0 Å². The van der Waals surface area contributed by atoms with Crippen molar-refractivity contribution in [2.45, 2.75) is 25.6 Å². The zero-order valence-corrected chi connectivity index (χ0v) is 16.1. The summed E-state index contributed by atoms with van der Waals surface area (Å²) in [7, 11) is 0. The maximum Gasteiger partial charge on any atom is 0.197 e. The van der Waals surface area contributed by atoms with Gasteiger partial charge in [-0.15, -0.1) is 11.3 Å². The molecule has 4 aromatic rings. The third-order valence-electron chi connectivity index (χ3n) is 6.28. The van der Waals surface area contributed by atoms with Gasteiger partial charge in [0.15, 0.2) is 12.2 Å². The summed E-state index contributed by atoms with van der Waals surface area (Å²) in [6.07, 6.45) is 1.43. The zero-order chi connectivity index (χ0) is 18.0. The minimum atomic E-state index is 0.310. The molecule has 0 amide bonds. The summed E-state index contributed by atoms with van der Waals surface area (Å²) in [5, 5.41) is 7.48.